The summed E-state index contributed by atoms with van der Waals surface area (Å²) in [5, 5.41) is 0. The highest BCUT2D eigenvalue weighted by molar-refractivity contribution is 6.22. The molecular weight excluding hydrogens is 472 g/mol. The Balaban J connectivity index is 1.28. The number of allylic oxidation sites excluding steroid dienone is 2. The van der Waals surface area contributed by atoms with Crippen LogP contribution in [0.15, 0.2) is 54.1 Å². The largest absolute Gasteiger partial charge is 0.492 e. The number of carbonyl (C=O) groups excluding carboxylic acids is 4. The molecule has 2 fully saturated rings. The highest BCUT2D eigenvalue weighted by Gasteiger charge is 2.49. The molecule has 0 unspecified atom stereocenters. The predicted molar refractivity (Wildman–Crippen MR) is 137 cm³/mol. The van der Waals surface area contributed by atoms with Crippen LogP contribution in [0.1, 0.15) is 38.7 Å². The summed E-state index contributed by atoms with van der Waals surface area (Å²) in [6, 6.07) is 12.1. The maximum absolute atomic E-state index is 13.1. The van der Waals surface area contributed by atoms with Gasteiger partial charge in [0.25, 0.3) is 0 Å². The van der Waals surface area contributed by atoms with Crippen LogP contribution in [-0.2, 0) is 19.2 Å². The zero-order chi connectivity index (χ0) is 26.3. The molecule has 0 saturated carbocycles. The molecule has 3 amide bonds. The lowest BCUT2D eigenvalue weighted by Crippen LogP contribution is -2.31. The molecule has 5 rings (SSSR count). The Hall–Kier alpha value is -3.94. The van der Waals surface area contributed by atoms with Crippen molar-refractivity contribution in [2.24, 2.45) is 17.8 Å². The van der Waals surface area contributed by atoms with Gasteiger partial charge in [0, 0.05) is 13.0 Å². The minimum absolute atomic E-state index is 0.0450. The Morgan fingerprint density at radius 2 is 1.73 bits per heavy atom. The highest BCUT2D eigenvalue weighted by Crippen LogP contribution is 2.41. The minimum Gasteiger partial charge on any atom is -0.492 e. The summed E-state index contributed by atoms with van der Waals surface area (Å²) in [5.41, 5.74) is 2.94. The molecule has 0 aromatic heterocycles. The monoisotopic (exact) mass is 502 g/mol. The van der Waals surface area contributed by atoms with E-state index in [0.29, 0.717) is 47.9 Å². The third kappa shape index (κ3) is 4.52. The zero-order valence-electron chi connectivity index (χ0n) is 21.2. The van der Waals surface area contributed by atoms with Crippen molar-refractivity contribution in [3.63, 3.8) is 0 Å². The SMILES string of the molecule is CCOc1ccccc1N1C[C@H](C(=O)Oc2ccc(N3C(=O)[C@@H]4CC=C(C)C[C@H]4C3=O)c(C)c2)CC1=O. The Morgan fingerprint density at radius 3 is 2.49 bits per heavy atom. The topological polar surface area (TPSA) is 93.2 Å². The molecule has 0 N–H and O–H groups in total. The summed E-state index contributed by atoms with van der Waals surface area (Å²) >= 11 is 0. The molecule has 2 aromatic rings. The van der Waals surface area contributed by atoms with Crippen LogP contribution in [0.3, 0.4) is 0 Å². The second kappa shape index (κ2) is 9.84. The van der Waals surface area contributed by atoms with Gasteiger partial charge >= 0.3 is 5.97 Å². The predicted octanol–water partition coefficient (Wildman–Crippen LogP) is 4.20. The molecule has 3 atom stereocenters. The molecule has 8 heteroatoms. The van der Waals surface area contributed by atoms with Gasteiger partial charge < -0.3 is 14.4 Å². The Kier molecular flexibility index (Phi) is 6.58. The molecule has 2 saturated heterocycles. The quantitative estimate of drug-likeness (QED) is 0.254. The number of carbonyl (C=O) groups is 4. The van der Waals surface area contributed by atoms with Crippen LogP contribution in [0, 0.1) is 24.7 Å². The first-order valence-corrected chi connectivity index (χ1v) is 12.7. The Labute approximate surface area is 215 Å². The molecular formula is C29H30N2O6. The highest BCUT2D eigenvalue weighted by atomic mass is 16.5. The average molecular weight is 503 g/mol. The van der Waals surface area contributed by atoms with E-state index in [2.05, 4.69) is 0 Å². The Bertz CT molecular complexity index is 1320. The van der Waals surface area contributed by atoms with Crippen LogP contribution in [0.4, 0.5) is 11.4 Å². The van der Waals surface area contributed by atoms with Crippen molar-refractivity contribution in [1.29, 1.82) is 0 Å². The van der Waals surface area contributed by atoms with E-state index in [1.165, 1.54) is 4.90 Å². The van der Waals surface area contributed by atoms with Crippen molar-refractivity contribution in [2.45, 2.75) is 40.0 Å². The number of aryl methyl sites for hydroxylation is 1. The van der Waals surface area contributed by atoms with Gasteiger partial charge in [-0.05, 0) is 69.5 Å². The van der Waals surface area contributed by atoms with E-state index in [9.17, 15) is 19.2 Å². The van der Waals surface area contributed by atoms with E-state index >= 15 is 0 Å². The molecule has 2 aliphatic heterocycles. The van der Waals surface area contributed by atoms with Crippen molar-refractivity contribution in [3.05, 3.63) is 59.7 Å². The number of rotatable bonds is 6. The number of anilines is 2. The normalized spacial score (nSPS) is 23.3. The molecule has 2 heterocycles. The minimum atomic E-state index is -0.622. The Morgan fingerprint density at radius 1 is 0.973 bits per heavy atom. The van der Waals surface area contributed by atoms with Gasteiger partial charge in [0.1, 0.15) is 11.5 Å². The number of hydrogen-bond donors (Lipinski definition) is 0. The van der Waals surface area contributed by atoms with Crippen LogP contribution >= 0.6 is 0 Å². The summed E-state index contributed by atoms with van der Waals surface area (Å²) in [4.78, 5) is 54.6. The number of fused-ring (bicyclic) bond motifs is 1. The molecule has 3 aliphatic rings. The van der Waals surface area contributed by atoms with Crippen molar-refractivity contribution in [1.82, 2.24) is 0 Å². The molecule has 37 heavy (non-hydrogen) atoms. The molecule has 0 bridgehead atoms. The summed E-state index contributed by atoms with van der Waals surface area (Å²) in [7, 11) is 0. The van der Waals surface area contributed by atoms with Crippen molar-refractivity contribution in [3.8, 4) is 11.5 Å². The fourth-order valence-corrected chi connectivity index (χ4v) is 5.47. The number of nitrogens with zero attached hydrogens (tertiary/aromatic N) is 2. The number of ether oxygens (including phenoxy) is 2. The molecule has 192 valence electrons. The molecule has 1 aliphatic carbocycles. The van der Waals surface area contributed by atoms with E-state index in [1.54, 1.807) is 42.2 Å². The van der Waals surface area contributed by atoms with E-state index in [-0.39, 0.29) is 42.5 Å². The van der Waals surface area contributed by atoms with Crippen LogP contribution < -0.4 is 19.3 Å². The standard InChI is InChI=1S/C29H30N2O6/c1-4-36-25-8-6-5-7-24(25)30-16-19(15-26(30)32)29(35)37-20-10-12-23(18(3)14-20)31-27(33)21-11-9-17(2)13-22(21)28(31)34/h5-10,12,14,19,21-22H,4,11,13,15-16H2,1-3H3/t19-,21-,22-/m1/s1. The number of para-hydroxylation sites is 2. The fourth-order valence-electron chi connectivity index (χ4n) is 5.47. The lowest BCUT2D eigenvalue weighted by molar-refractivity contribution is -0.139. The third-order valence-corrected chi connectivity index (χ3v) is 7.36. The third-order valence-electron chi connectivity index (χ3n) is 7.36. The lowest BCUT2D eigenvalue weighted by Gasteiger charge is -2.20. The summed E-state index contributed by atoms with van der Waals surface area (Å²) < 4.78 is 11.3. The van der Waals surface area contributed by atoms with Gasteiger partial charge in [-0.2, -0.15) is 0 Å². The van der Waals surface area contributed by atoms with Gasteiger partial charge in [-0.15, -0.1) is 0 Å². The second-order valence-electron chi connectivity index (χ2n) is 9.89. The molecule has 2 aromatic carbocycles. The van der Waals surface area contributed by atoms with E-state index < -0.39 is 11.9 Å². The number of hydrogen-bond acceptors (Lipinski definition) is 6. The van der Waals surface area contributed by atoms with Gasteiger partial charge in [-0.25, -0.2) is 4.90 Å². The van der Waals surface area contributed by atoms with Crippen LogP contribution in [0.2, 0.25) is 0 Å². The number of benzene rings is 2. The number of amides is 3. The molecule has 0 radical (unpaired) electrons. The zero-order valence-corrected chi connectivity index (χ0v) is 21.2. The lowest BCUT2D eigenvalue weighted by atomic mass is 9.82. The van der Waals surface area contributed by atoms with Gasteiger partial charge in [0.15, 0.2) is 0 Å². The van der Waals surface area contributed by atoms with Crippen LogP contribution in [-0.4, -0.2) is 36.8 Å². The van der Waals surface area contributed by atoms with Gasteiger partial charge in [0.05, 0.1) is 35.7 Å². The number of imide groups is 1. The molecule has 0 spiro atoms. The average Bonchev–Trinajstić information content (AvgIpc) is 3.37. The summed E-state index contributed by atoms with van der Waals surface area (Å²) in [6.07, 6.45) is 3.27. The van der Waals surface area contributed by atoms with Crippen LogP contribution in [0.25, 0.3) is 0 Å². The van der Waals surface area contributed by atoms with E-state index in [1.807, 2.05) is 32.1 Å². The van der Waals surface area contributed by atoms with Crippen molar-refractivity contribution < 1.29 is 28.7 Å². The first kappa shape index (κ1) is 24.7. The van der Waals surface area contributed by atoms with Gasteiger partial charge in [-0.1, -0.05) is 23.8 Å². The summed E-state index contributed by atoms with van der Waals surface area (Å²) in [6.45, 7) is 6.30. The maximum Gasteiger partial charge on any atom is 0.316 e. The fraction of sp³-hybridized carbons (Fsp3) is 0.379. The second-order valence-corrected chi connectivity index (χ2v) is 9.89. The maximum atomic E-state index is 13.1. The first-order chi connectivity index (χ1) is 17.8. The van der Waals surface area contributed by atoms with Crippen molar-refractivity contribution >= 4 is 35.1 Å². The van der Waals surface area contributed by atoms with Crippen molar-refractivity contribution in [2.75, 3.05) is 23.0 Å². The smallest absolute Gasteiger partial charge is 0.316 e. The first-order valence-electron chi connectivity index (χ1n) is 12.7. The van der Waals surface area contributed by atoms with Crippen LogP contribution in [0.5, 0.6) is 11.5 Å². The number of esters is 1. The van der Waals surface area contributed by atoms with E-state index in [4.69, 9.17) is 9.47 Å². The van der Waals surface area contributed by atoms with E-state index in [0.717, 1.165) is 5.57 Å². The molecule has 8 nitrogen and oxygen atoms in total. The summed E-state index contributed by atoms with van der Waals surface area (Å²) in [5.74, 6) is -1.38. The van der Waals surface area contributed by atoms with Gasteiger partial charge in [0.2, 0.25) is 17.7 Å². The van der Waals surface area contributed by atoms with Gasteiger partial charge in [-0.3, -0.25) is 19.2 Å².